The molecule has 0 atom stereocenters. The standard InChI is InChI=1S/C20H20N4O2/c1-23-12-11-21-18(23)13-24(15-7-8-15)20(26)16-9-10-17(22-19(16)25)14-5-3-2-4-6-14/h2-6,9-12,15H,7-8,13H2,1H3,(H,22,25). The third-order valence-corrected chi connectivity index (χ3v) is 4.71. The van der Waals surface area contributed by atoms with Gasteiger partial charge < -0.3 is 14.5 Å². The molecule has 1 N–H and O–H groups in total. The van der Waals surface area contributed by atoms with Crippen LogP contribution in [0, 0.1) is 0 Å². The lowest BCUT2D eigenvalue weighted by Gasteiger charge is -2.22. The van der Waals surface area contributed by atoms with Crippen LogP contribution >= 0.6 is 0 Å². The zero-order chi connectivity index (χ0) is 18.1. The fourth-order valence-corrected chi connectivity index (χ4v) is 3.04. The van der Waals surface area contributed by atoms with E-state index in [1.807, 2.05) is 48.1 Å². The molecule has 1 aromatic carbocycles. The smallest absolute Gasteiger partial charge is 0.261 e. The summed E-state index contributed by atoms with van der Waals surface area (Å²) in [5, 5.41) is 0. The minimum absolute atomic E-state index is 0.172. The Morgan fingerprint density at radius 3 is 2.62 bits per heavy atom. The van der Waals surface area contributed by atoms with E-state index < -0.39 is 0 Å². The number of benzene rings is 1. The summed E-state index contributed by atoms with van der Waals surface area (Å²) in [6.45, 7) is 0.410. The van der Waals surface area contributed by atoms with Crippen LogP contribution in [-0.4, -0.2) is 31.4 Å². The second-order valence-electron chi connectivity index (χ2n) is 6.60. The van der Waals surface area contributed by atoms with Gasteiger partial charge in [0.2, 0.25) is 0 Å². The maximum atomic E-state index is 13.0. The number of imidazole rings is 1. The number of H-pyrrole nitrogens is 1. The van der Waals surface area contributed by atoms with E-state index in [4.69, 9.17) is 0 Å². The van der Waals surface area contributed by atoms with Gasteiger partial charge in [0.15, 0.2) is 0 Å². The molecule has 132 valence electrons. The maximum Gasteiger partial charge on any atom is 0.261 e. The molecule has 1 saturated carbocycles. The number of carbonyl (C=O) groups excluding carboxylic acids is 1. The van der Waals surface area contributed by atoms with Crippen molar-refractivity contribution < 1.29 is 4.79 Å². The summed E-state index contributed by atoms with van der Waals surface area (Å²) in [5.74, 6) is 0.568. The van der Waals surface area contributed by atoms with Crippen LogP contribution in [0.5, 0.6) is 0 Å². The first kappa shape index (κ1) is 16.3. The minimum Gasteiger partial charge on any atom is -0.337 e. The van der Waals surface area contributed by atoms with E-state index in [0.717, 1.165) is 24.2 Å². The molecule has 0 spiro atoms. The number of amides is 1. The van der Waals surface area contributed by atoms with E-state index >= 15 is 0 Å². The van der Waals surface area contributed by atoms with Crippen molar-refractivity contribution in [2.75, 3.05) is 0 Å². The number of hydrogen-bond acceptors (Lipinski definition) is 3. The van der Waals surface area contributed by atoms with Crippen LogP contribution in [0.25, 0.3) is 11.3 Å². The first-order valence-corrected chi connectivity index (χ1v) is 8.69. The summed E-state index contributed by atoms with van der Waals surface area (Å²) in [5.41, 5.74) is 1.43. The lowest BCUT2D eigenvalue weighted by molar-refractivity contribution is 0.0722. The number of nitrogens with zero attached hydrogens (tertiary/aromatic N) is 3. The van der Waals surface area contributed by atoms with Gasteiger partial charge in [-0.1, -0.05) is 30.3 Å². The van der Waals surface area contributed by atoms with Gasteiger partial charge in [-0.05, 0) is 30.5 Å². The fraction of sp³-hybridized carbons (Fsp3) is 0.250. The first-order chi connectivity index (χ1) is 12.6. The molecule has 0 bridgehead atoms. The Hall–Kier alpha value is -3.15. The highest BCUT2D eigenvalue weighted by Crippen LogP contribution is 2.29. The van der Waals surface area contributed by atoms with E-state index in [0.29, 0.717) is 12.2 Å². The maximum absolute atomic E-state index is 13.0. The zero-order valence-corrected chi connectivity index (χ0v) is 14.6. The normalized spacial score (nSPS) is 13.6. The number of nitrogens with one attached hydrogen (secondary N) is 1. The molecule has 6 heteroatoms. The van der Waals surface area contributed by atoms with Gasteiger partial charge in [-0.3, -0.25) is 9.59 Å². The lowest BCUT2D eigenvalue weighted by atomic mass is 10.1. The molecule has 1 aliphatic carbocycles. The van der Waals surface area contributed by atoms with Gasteiger partial charge in [0.1, 0.15) is 11.4 Å². The molecule has 6 nitrogen and oxygen atoms in total. The summed E-state index contributed by atoms with van der Waals surface area (Å²) in [4.78, 5) is 34.4. The molecular formula is C20H20N4O2. The lowest BCUT2D eigenvalue weighted by Crippen LogP contribution is -2.36. The van der Waals surface area contributed by atoms with Crippen LogP contribution in [0.4, 0.5) is 0 Å². The van der Waals surface area contributed by atoms with Crippen molar-refractivity contribution in [3.05, 3.63) is 76.6 Å². The Bertz CT molecular complexity index is 986. The summed E-state index contributed by atoms with van der Waals surface area (Å²) < 4.78 is 1.89. The molecule has 4 rings (SSSR count). The molecule has 2 aromatic heterocycles. The second-order valence-corrected chi connectivity index (χ2v) is 6.60. The third-order valence-electron chi connectivity index (χ3n) is 4.71. The van der Waals surface area contributed by atoms with Crippen molar-refractivity contribution in [3.63, 3.8) is 0 Å². The molecule has 2 heterocycles. The molecule has 0 unspecified atom stereocenters. The highest BCUT2D eigenvalue weighted by Gasteiger charge is 2.34. The van der Waals surface area contributed by atoms with Gasteiger partial charge >= 0.3 is 0 Å². The Morgan fingerprint density at radius 2 is 2.00 bits per heavy atom. The quantitative estimate of drug-likeness (QED) is 0.770. The van der Waals surface area contributed by atoms with Gasteiger partial charge in [0.25, 0.3) is 11.5 Å². The van der Waals surface area contributed by atoms with Crippen molar-refractivity contribution in [1.82, 2.24) is 19.4 Å². The van der Waals surface area contributed by atoms with E-state index in [-0.39, 0.29) is 23.1 Å². The van der Waals surface area contributed by atoms with Crippen LogP contribution < -0.4 is 5.56 Å². The monoisotopic (exact) mass is 348 g/mol. The predicted octanol–water partition coefficient (Wildman–Crippen LogP) is 2.58. The Labute approximate surface area is 151 Å². The molecule has 3 aromatic rings. The zero-order valence-electron chi connectivity index (χ0n) is 14.6. The third kappa shape index (κ3) is 3.18. The van der Waals surface area contributed by atoms with Gasteiger partial charge in [0.05, 0.1) is 6.54 Å². The largest absolute Gasteiger partial charge is 0.337 e. The van der Waals surface area contributed by atoms with E-state index in [1.54, 1.807) is 23.2 Å². The number of hydrogen-bond donors (Lipinski definition) is 1. The van der Waals surface area contributed by atoms with Crippen molar-refractivity contribution in [1.29, 1.82) is 0 Å². The topological polar surface area (TPSA) is 71.0 Å². The highest BCUT2D eigenvalue weighted by molar-refractivity contribution is 5.94. The summed E-state index contributed by atoms with van der Waals surface area (Å²) in [6.07, 6.45) is 5.50. The number of rotatable bonds is 5. The molecule has 1 amide bonds. The fourth-order valence-electron chi connectivity index (χ4n) is 3.04. The SMILES string of the molecule is Cn1ccnc1CN(C(=O)c1ccc(-c2ccccc2)[nH]c1=O)C1CC1. The van der Waals surface area contributed by atoms with Crippen LogP contribution in [0.15, 0.2) is 59.7 Å². The molecule has 26 heavy (non-hydrogen) atoms. The van der Waals surface area contributed by atoms with Gasteiger partial charge in [-0.2, -0.15) is 0 Å². The summed E-state index contributed by atoms with van der Waals surface area (Å²) >= 11 is 0. The molecule has 0 radical (unpaired) electrons. The van der Waals surface area contributed by atoms with Crippen molar-refractivity contribution in [2.24, 2.45) is 7.05 Å². The number of carbonyl (C=O) groups is 1. The number of aromatic amines is 1. The molecule has 0 aliphatic heterocycles. The van der Waals surface area contributed by atoms with E-state index in [2.05, 4.69) is 9.97 Å². The minimum atomic E-state index is -0.359. The van der Waals surface area contributed by atoms with Gasteiger partial charge in [0, 0.05) is 31.2 Å². The first-order valence-electron chi connectivity index (χ1n) is 8.69. The van der Waals surface area contributed by atoms with Crippen LogP contribution in [0.2, 0.25) is 0 Å². The van der Waals surface area contributed by atoms with Crippen molar-refractivity contribution >= 4 is 5.91 Å². The number of pyridine rings is 1. The Kier molecular flexibility index (Phi) is 4.16. The number of aryl methyl sites for hydroxylation is 1. The molecule has 1 aliphatic rings. The van der Waals surface area contributed by atoms with Crippen molar-refractivity contribution in [3.8, 4) is 11.3 Å². The molecule has 1 fully saturated rings. The average molecular weight is 348 g/mol. The van der Waals surface area contributed by atoms with Crippen LogP contribution in [0.1, 0.15) is 29.0 Å². The van der Waals surface area contributed by atoms with Crippen molar-refractivity contribution in [2.45, 2.75) is 25.4 Å². The average Bonchev–Trinajstić information content (AvgIpc) is 3.42. The summed E-state index contributed by atoms with van der Waals surface area (Å²) in [7, 11) is 1.90. The molecule has 0 saturated heterocycles. The van der Waals surface area contributed by atoms with E-state index in [9.17, 15) is 9.59 Å². The number of aromatic nitrogens is 3. The summed E-state index contributed by atoms with van der Waals surface area (Å²) in [6, 6.07) is 13.2. The van der Waals surface area contributed by atoms with Gasteiger partial charge in [-0.25, -0.2) is 4.98 Å². The van der Waals surface area contributed by atoms with Gasteiger partial charge in [-0.15, -0.1) is 0 Å². The molecular weight excluding hydrogens is 328 g/mol. The second kappa shape index (κ2) is 6.63. The predicted molar refractivity (Wildman–Crippen MR) is 98.6 cm³/mol. The van der Waals surface area contributed by atoms with Crippen LogP contribution in [-0.2, 0) is 13.6 Å². The Balaban J connectivity index is 1.62. The highest BCUT2D eigenvalue weighted by atomic mass is 16.2. The van der Waals surface area contributed by atoms with Crippen LogP contribution in [0.3, 0.4) is 0 Å². The van der Waals surface area contributed by atoms with E-state index in [1.165, 1.54) is 0 Å². The Morgan fingerprint density at radius 1 is 1.23 bits per heavy atom.